The van der Waals surface area contributed by atoms with E-state index in [9.17, 15) is 9.00 Å². The van der Waals surface area contributed by atoms with Crippen molar-refractivity contribution in [3.05, 3.63) is 95.1 Å². The van der Waals surface area contributed by atoms with Crippen LogP contribution in [-0.2, 0) is 20.5 Å². The Morgan fingerprint density at radius 1 is 0.828 bits per heavy atom. The van der Waals surface area contributed by atoms with Crippen molar-refractivity contribution in [2.45, 2.75) is 23.6 Å². The molecule has 3 aliphatic rings. The van der Waals surface area contributed by atoms with Gasteiger partial charge in [0.25, 0.3) is 0 Å². The zero-order valence-electron chi connectivity index (χ0n) is 15.8. The lowest BCUT2D eigenvalue weighted by Crippen LogP contribution is -2.66. The molecule has 1 amide bonds. The van der Waals surface area contributed by atoms with Gasteiger partial charge in [0.05, 0.1) is 6.04 Å². The van der Waals surface area contributed by atoms with Gasteiger partial charge in [0.1, 0.15) is 15.7 Å². The Morgan fingerprint density at radius 3 is 1.93 bits per heavy atom. The van der Waals surface area contributed by atoms with Crippen LogP contribution in [0.2, 0.25) is 0 Å². The molecule has 140 valence electrons. The number of benzene rings is 4. The molecule has 0 N–H and O–H groups in total. The molecule has 0 radical (unpaired) electrons. The number of nitrogens with zero attached hydrogens (tertiary/aromatic N) is 1. The Balaban J connectivity index is 1.57. The maximum absolute atomic E-state index is 13.5. The van der Waals surface area contributed by atoms with Crippen molar-refractivity contribution >= 4 is 38.4 Å². The first-order valence-corrected chi connectivity index (χ1v) is 11.0. The number of carbonyl (C=O) groups is 1. The van der Waals surface area contributed by atoms with Crippen LogP contribution in [0.15, 0.2) is 72.8 Å². The van der Waals surface area contributed by atoms with Crippen molar-refractivity contribution in [2.24, 2.45) is 0 Å². The van der Waals surface area contributed by atoms with E-state index in [1.54, 1.807) is 4.31 Å². The maximum Gasteiger partial charge on any atom is 0.231 e. The molecular weight excluding hydrogens is 378 g/mol. The van der Waals surface area contributed by atoms with Crippen molar-refractivity contribution in [3.8, 4) is 0 Å². The molecule has 4 atom stereocenters. The van der Waals surface area contributed by atoms with Gasteiger partial charge in [-0.25, -0.2) is 4.21 Å². The summed E-state index contributed by atoms with van der Waals surface area (Å²) in [5, 5.41) is 4.73. The first kappa shape index (κ1) is 15.9. The topological polar surface area (TPSA) is 37.4 Å². The predicted molar refractivity (Wildman–Crippen MR) is 115 cm³/mol. The average molecular weight is 395 g/mol. The summed E-state index contributed by atoms with van der Waals surface area (Å²) in [6.45, 7) is 1.53. The number of carbonyl (C=O) groups excluding carboxylic acids is 1. The zero-order valence-corrected chi connectivity index (χ0v) is 16.6. The minimum atomic E-state index is -1.36. The molecular formula is C25H17NO2S. The molecule has 1 aliphatic heterocycles. The second kappa shape index (κ2) is 4.95. The average Bonchev–Trinajstić information content (AvgIpc) is 2.92. The van der Waals surface area contributed by atoms with Gasteiger partial charge in [0.2, 0.25) is 5.91 Å². The van der Waals surface area contributed by atoms with Crippen molar-refractivity contribution in [2.75, 3.05) is 0 Å². The molecule has 0 saturated carbocycles. The van der Waals surface area contributed by atoms with Crippen molar-refractivity contribution in [1.29, 1.82) is 0 Å². The Bertz CT molecular complexity index is 1440. The van der Waals surface area contributed by atoms with Gasteiger partial charge >= 0.3 is 0 Å². The van der Waals surface area contributed by atoms with Crippen LogP contribution in [0.25, 0.3) is 21.5 Å². The molecule has 0 aromatic heterocycles. The standard InChI is InChI=1S/C25H17NO2S/c1-14(27)26-24-20-11-16-7-3-2-6-15(16)10-19(20)23-21-12-17-8-4-5-9-18(17)13-22(21)25(23,24)29(26)28/h2-13,23-24H,1H3. The zero-order chi connectivity index (χ0) is 19.5. The Morgan fingerprint density at radius 2 is 1.34 bits per heavy atom. The molecule has 4 unspecified atom stereocenters. The summed E-state index contributed by atoms with van der Waals surface area (Å²) >= 11 is 0. The molecule has 1 saturated heterocycles. The van der Waals surface area contributed by atoms with Crippen molar-refractivity contribution < 1.29 is 9.00 Å². The van der Waals surface area contributed by atoms with E-state index < -0.39 is 15.7 Å². The Labute approximate surface area is 170 Å². The van der Waals surface area contributed by atoms with Crippen LogP contribution in [-0.4, -0.2) is 14.4 Å². The molecule has 4 aromatic carbocycles. The fraction of sp³-hybridized carbons (Fsp3) is 0.160. The van der Waals surface area contributed by atoms with Crippen LogP contribution in [0.1, 0.15) is 41.1 Å². The van der Waals surface area contributed by atoms with E-state index in [1.165, 1.54) is 28.8 Å². The maximum atomic E-state index is 13.5. The molecule has 4 heteroatoms. The van der Waals surface area contributed by atoms with Crippen LogP contribution in [0.4, 0.5) is 0 Å². The van der Waals surface area contributed by atoms with E-state index in [0.717, 1.165) is 21.9 Å². The van der Waals surface area contributed by atoms with E-state index in [1.807, 2.05) is 12.1 Å². The third kappa shape index (κ3) is 1.60. The van der Waals surface area contributed by atoms with Crippen molar-refractivity contribution in [1.82, 2.24) is 4.31 Å². The molecule has 7 rings (SSSR count). The normalized spacial score (nSPS) is 28.2. The second-order valence-electron chi connectivity index (χ2n) is 8.34. The van der Waals surface area contributed by atoms with Gasteiger partial charge in [-0.15, -0.1) is 0 Å². The van der Waals surface area contributed by atoms with Gasteiger partial charge in [-0.1, -0.05) is 60.7 Å². The summed E-state index contributed by atoms with van der Waals surface area (Å²) in [7, 11) is -1.36. The monoisotopic (exact) mass is 395 g/mol. The fourth-order valence-electron chi connectivity index (χ4n) is 5.94. The van der Waals surface area contributed by atoms with Crippen LogP contribution in [0, 0.1) is 0 Å². The second-order valence-corrected chi connectivity index (χ2v) is 9.90. The summed E-state index contributed by atoms with van der Waals surface area (Å²) in [4.78, 5) is 12.4. The van der Waals surface area contributed by atoms with E-state index in [2.05, 4.69) is 60.7 Å². The van der Waals surface area contributed by atoms with Gasteiger partial charge in [-0.05, 0) is 55.9 Å². The van der Waals surface area contributed by atoms with Gasteiger partial charge < -0.3 is 0 Å². The molecule has 1 fully saturated rings. The molecule has 1 heterocycles. The quantitative estimate of drug-likeness (QED) is 0.424. The van der Waals surface area contributed by atoms with Crippen LogP contribution in [0.5, 0.6) is 0 Å². The van der Waals surface area contributed by atoms with Gasteiger partial charge in [0, 0.05) is 12.8 Å². The Kier molecular flexibility index (Phi) is 2.71. The SMILES string of the molecule is CC(=O)N1C2c3cc4ccccc4cc3C3c4cc5ccccc5cc4C32S1=O. The summed E-state index contributed by atoms with van der Waals surface area (Å²) < 4.78 is 14.6. The molecule has 1 spiro atoms. The lowest BCUT2D eigenvalue weighted by molar-refractivity contribution is -0.128. The third-order valence-electron chi connectivity index (χ3n) is 7.05. The summed E-state index contributed by atoms with van der Waals surface area (Å²) in [5.74, 6) is -0.0314. The van der Waals surface area contributed by atoms with Crippen molar-refractivity contribution in [3.63, 3.8) is 0 Å². The lowest BCUT2D eigenvalue weighted by atomic mass is 9.65. The van der Waals surface area contributed by atoms with Gasteiger partial charge in [0.15, 0.2) is 0 Å². The summed E-state index contributed by atoms with van der Waals surface area (Å²) in [6, 6.07) is 25.4. The van der Waals surface area contributed by atoms with Crippen LogP contribution in [0.3, 0.4) is 0 Å². The third-order valence-corrected chi connectivity index (χ3v) is 9.14. The highest BCUT2D eigenvalue weighted by atomic mass is 32.2. The summed E-state index contributed by atoms with van der Waals surface area (Å²) in [6.07, 6.45) is 0. The molecule has 29 heavy (non-hydrogen) atoms. The minimum absolute atomic E-state index is 0.0862. The first-order valence-electron chi connectivity index (χ1n) is 9.90. The number of rotatable bonds is 0. The van der Waals surface area contributed by atoms with E-state index in [-0.39, 0.29) is 17.9 Å². The number of amides is 1. The van der Waals surface area contributed by atoms with Gasteiger partial charge in [-0.2, -0.15) is 0 Å². The van der Waals surface area contributed by atoms with E-state index in [0.29, 0.717) is 0 Å². The van der Waals surface area contributed by atoms with E-state index in [4.69, 9.17) is 0 Å². The predicted octanol–water partition coefficient (Wildman–Crippen LogP) is 4.91. The summed E-state index contributed by atoms with van der Waals surface area (Å²) in [5.41, 5.74) is 4.80. The molecule has 3 nitrogen and oxygen atoms in total. The smallest absolute Gasteiger partial charge is 0.231 e. The highest BCUT2D eigenvalue weighted by Gasteiger charge is 2.76. The molecule has 0 bridgehead atoms. The highest BCUT2D eigenvalue weighted by molar-refractivity contribution is 7.86. The minimum Gasteiger partial charge on any atom is -0.274 e. The highest BCUT2D eigenvalue weighted by Crippen LogP contribution is 2.75. The number of hydrogen-bond donors (Lipinski definition) is 0. The van der Waals surface area contributed by atoms with Crippen LogP contribution < -0.4 is 0 Å². The van der Waals surface area contributed by atoms with E-state index >= 15 is 0 Å². The fourth-order valence-corrected chi connectivity index (χ4v) is 8.05. The largest absolute Gasteiger partial charge is 0.274 e. The Hall–Kier alpha value is -2.98. The van der Waals surface area contributed by atoms with Gasteiger partial charge in [-0.3, -0.25) is 9.10 Å². The molecule has 2 aliphatic carbocycles. The molecule has 4 aromatic rings. The number of hydrogen-bond acceptors (Lipinski definition) is 2. The van der Waals surface area contributed by atoms with Crippen LogP contribution >= 0.6 is 0 Å². The lowest BCUT2D eigenvalue weighted by Gasteiger charge is -2.60. The number of fused-ring (bicyclic) bond motifs is 7. The first-order chi connectivity index (χ1) is 14.1.